The van der Waals surface area contributed by atoms with E-state index < -0.39 is 17.4 Å². The maximum absolute atomic E-state index is 12.3. The molecule has 0 bridgehead atoms. The predicted molar refractivity (Wildman–Crippen MR) is 78.5 cm³/mol. The number of rotatable bonds is 8. The minimum atomic E-state index is -1.25. The average molecular weight is 293 g/mol. The normalized spacial score (nSPS) is 11.0. The molecule has 0 aliphatic heterocycles. The summed E-state index contributed by atoms with van der Waals surface area (Å²) in [6.45, 7) is 5.73. The molecule has 0 saturated carbocycles. The first-order chi connectivity index (χ1) is 10.1. The number of ether oxygens (including phenoxy) is 2. The molecule has 0 aliphatic rings. The van der Waals surface area contributed by atoms with Crippen molar-refractivity contribution in [1.29, 1.82) is 0 Å². The van der Waals surface area contributed by atoms with Gasteiger partial charge in [0.05, 0.1) is 13.2 Å². The maximum atomic E-state index is 12.3. The Morgan fingerprint density at radius 2 is 1.71 bits per heavy atom. The Kier molecular flexibility index (Phi) is 6.85. The summed E-state index contributed by atoms with van der Waals surface area (Å²) in [5.41, 5.74) is -0.410. The quantitative estimate of drug-likeness (QED) is 0.544. The molecule has 0 amide bonds. The number of esters is 2. The highest BCUT2D eigenvalue weighted by Gasteiger charge is 2.46. The van der Waals surface area contributed by atoms with Crippen molar-refractivity contribution in [2.75, 3.05) is 13.2 Å². The van der Waals surface area contributed by atoms with E-state index in [2.05, 4.69) is 4.98 Å². The molecule has 0 saturated heterocycles. The van der Waals surface area contributed by atoms with Crippen LogP contribution in [0.3, 0.4) is 0 Å². The van der Waals surface area contributed by atoms with Gasteiger partial charge in [0.25, 0.3) is 0 Å². The van der Waals surface area contributed by atoms with Gasteiger partial charge in [-0.15, -0.1) is 0 Å². The van der Waals surface area contributed by atoms with Gasteiger partial charge in [-0.05, 0) is 45.2 Å². The van der Waals surface area contributed by atoms with Crippen LogP contribution >= 0.6 is 0 Å². The van der Waals surface area contributed by atoms with Crippen molar-refractivity contribution in [3.8, 4) is 0 Å². The third-order valence-electron chi connectivity index (χ3n) is 3.47. The molecule has 0 unspecified atom stereocenters. The molecule has 1 heterocycles. The van der Waals surface area contributed by atoms with Crippen LogP contribution in [0.25, 0.3) is 0 Å². The lowest BCUT2D eigenvalue weighted by Crippen LogP contribution is -2.42. The molecule has 1 aromatic heterocycles. The Hall–Kier alpha value is -1.91. The fraction of sp³-hybridized carbons (Fsp3) is 0.562. The molecular formula is C16H23NO4. The van der Waals surface area contributed by atoms with Crippen molar-refractivity contribution in [3.63, 3.8) is 0 Å². The second-order valence-corrected chi connectivity index (χ2v) is 4.70. The summed E-state index contributed by atoms with van der Waals surface area (Å²) in [5.74, 6) is -1.02. The third kappa shape index (κ3) is 4.28. The monoisotopic (exact) mass is 293 g/mol. The zero-order valence-electron chi connectivity index (χ0n) is 12.9. The molecule has 5 heteroatoms. The van der Waals surface area contributed by atoms with Gasteiger partial charge in [-0.3, -0.25) is 14.6 Å². The Labute approximate surface area is 125 Å². The van der Waals surface area contributed by atoms with Crippen molar-refractivity contribution in [2.24, 2.45) is 5.41 Å². The van der Waals surface area contributed by atoms with Gasteiger partial charge in [0.2, 0.25) is 0 Å². The fourth-order valence-corrected chi connectivity index (χ4v) is 2.18. The summed E-state index contributed by atoms with van der Waals surface area (Å²) >= 11 is 0. The SMILES string of the molecule is CCOC(=O)C(CC)(CCc1ccccn1)C(=O)OCC. The first kappa shape index (κ1) is 17.1. The molecule has 0 aliphatic carbocycles. The van der Waals surface area contributed by atoms with Crippen molar-refractivity contribution < 1.29 is 19.1 Å². The van der Waals surface area contributed by atoms with Crippen LogP contribution in [0.15, 0.2) is 24.4 Å². The van der Waals surface area contributed by atoms with E-state index in [0.29, 0.717) is 19.3 Å². The van der Waals surface area contributed by atoms with Crippen LogP contribution in [-0.4, -0.2) is 30.1 Å². The Morgan fingerprint density at radius 1 is 1.10 bits per heavy atom. The highest BCUT2D eigenvalue weighted by atomic mass is 16.6. The van der Waals surface area contributed by atoms with Gasteiger partial charge in [0.1, 0.15) is 0 Å². The molecule has 0 aromatic carbocycles. The topological polar surface area (TPSA) is 65.5 Å². The van der Waals surface area contributed by atoms with Crippen molar-refractivity contribution >= 4 is 11.9 Å². The number of pyridine rings is 1. The summed E-state index contributed by atoms with van der Waals surface area (Å²) in [6.07, 6.45) is 2.89. The van der Waals surface area contributed by atoms with Crippen LogP contribution in [0.5, 0.6) is 0 Å². The second-order valence-electron chi connectivity index (χ2n) is 4.70. The minimum Gasteiger partial charge on any atom is -0.465 e. The van der Waals surface area contributed by atoms with Crippen LogP contribution in [0.4, 0.5) is 0 Å². The number of aryl methyl sites for hydroxylation is 1. The minimum absolute atomic E-state index is 0.240. The number of carbonyl (C=O) groups is 2. The van der Waals surface area contributed by atoms with Crippen molar-refractivity contribution in [1.82, 2.24) is 4.98 Å². The molecule has 5 nitrogen and oxygen atoms in total. The maximum Gasteiger partial charge on any atom is 0.323 e. The molecule has 0 radical (unpaired) electrons. The Balaban J connectivity index is 2.94. The van der Waals surface area contributed by atoms with Crippen LogP contribution in [0.2, 0.25) is 0 Å². The van der Waals surface area contributed by atoms with Gasteiger partial charge in [-0.2, -0.15) is 0 Å². The molecule has 1 rings (SSSR count). The highest BCUT2D eigenvalue weighted by Crippen LogP contribution is 2.32. The standard InChI is InChI=1S/C16H23NO4/c1-4-16(14(18)20-5-2,15(19)21-6-3)11-10-13-9-7-8-12-17-13/h7-9,12H,4-6,10-11H2,1-3H3. The van der Waals surface area contributed by atoms with Gasteiger partial charge in [0, 0.05) is 11.9 Å². The van der Waals surface area contributed by atoms with Gasteiger partial charge < -0.3 is 9.47 Å². The largest absolute Gasteiger partial charge is 0.465 e. The summed E-state index contributed by atoms with van der Waals surface area (Å²) in [6, 6.07) is 5.58. The van der Waals surface area contributed by atoms with Gasteiger partial charge in [-0.25, -0.2) is 0 Å². The third-order valence-corrected chi connectivity index (χ3v) is 3.47. The molecule has 116 valence electrons. The summed E-state index contributed by atoms with van der Waals surface area (Å²) < 4.78 is 10.2. The zero-order chi connectivity index (χ0) is 15.7. The van der Waals surface area contributed by atoms with Crippen molar-refractivity contribution in [3.05, 3.63) is 30.1 Å². The summed E-state index contributed by atoms with van der Waals surface area (Å²) in [4.78, 5) is 28.8. The first-order valence-corrected chi connectivity index (χ1v) is 7.35. The van der Waals surface area contributed by atoms with E-state index in [4.69, 9.17) is 9.47 Å². The van der Waals surface area contributed by atoms with Crippen LogP contribution in [-0.2, 0) is 25.5 Å². The number of nitrogens with zero attached hydrogens (tertiary/aromatic N) is 1. The lowest BCUT2D eigenvalue weighted by Gasteiger charge is -2.27. The molecule has 0 fully saturated rings. The van der Waals surface area contributed by atoms with E-state index in [9.17, 15) is 9.59 Å². The van der Waals surface area contributed by atoms with Crippen LogP contribution in [0.1, 0.15) is 39.3 Å². The van der Waals surface area contributed by atoms with E-state index >= 15 is 0 Å². The molecule has 1 aromatic rings. The lowest BCUT2D eigenvalue weighted by molar-refractivity contribution is -0.173. The molecular weight excluding hydrogens is 270 g/mol. The summed E-state index contributed by atoms with van der Waals surface area (Å²) in [5, 5.41) is 0. The van der Waals surface area contributed by atoms with E-state index in [1.807, 2.05) is 18.2 Å². The lowest BCUT2D eigenvalue weighted by atomic mass is 9.80. The highest BCUT2D eigenvalue weighted by molar-refractivity contribution is 6.00. The van der Waals surface area contributed by atoms with Gasteiger partial charge >= 0.3 is 11.9 Å². The second kappa shape index (κ2) is 8.39. The van der Waals surface area contributed by atoms with Crippen LogP contribution < -0.4 is 0 Å². The van der Waals surface area contributed by atoms with Crippen LogP contribution in [0, 0.1) is 5.41 Å². The molecule has 0 spiro atoms. The number of hydrogen-bond acceptors (Lipinski definition) is 5. The molecule has 21 heavy (non-hydrogen) atoms. The average Bonchev–Trinajstić information content (AvgIpc) is 2.50. The Morgan fingerprint density at radius 3 is 2.14 bits per heavy atom. The van der Waals surface area contributed by atoms with Gasteiger partial charge in [-0.1, -0.05) is 13.0 Å². The fourth-order valence-electron chi connectivity index (χ4n) is 2.18. The van der Waals surface area contributed by atoms with E-state index in [1.54, 1.807) is 27.0 Å². The first-order valence-electron chi connectivity index (χ1n) is 7.35. The summed E-state index contributed by atoms with van der Waals surface area (Å²) in [7, 11) is 0. The van der Waals surface area contributed by atoms with E-state index in [0.717, 1.165) is 5.69 Å². The van der Waals surface area contributed by atoms with Gasteiger partial charge in [0.15, 0.2) is 5.41 Å². The van der Waals surface area contributed by atoms with E-state index in [1.165, 1.54) is 0 Å². The Bertz CT molecular complexity index is 441. The molecule has 0 atom stereocenters. The van der Waals surface area contributed by atoms with Crippen molar-refractivity contribution in [2.45, 2.75) is 40.0 Å². The molecule has 0 N–H and O–H groups in total. The predicted octanol–water partition coefficient (Wildman–Crippen LogP) is 2.54. The number of aromatic nitrogens is 1. The van der Waals surface area contributed by atoms with E-state index in [-0.39, 0.29) is 13.2 Å². The number of hydrogen-bond donors (Lipinski definition) is 0. The number of carbonyl (C=O) groups excluding carboxylic acids is 2. The smallest absolute Gasteiger partial charge is 0.323 e. The zero-order valence-corrected chi connectivity index (χ0v) is 12.9.